The molecule has 0 bridgehead atoms. The normalized spacial score (nSPS) is 10.5. The van der Waals surface area contributed by atoms with Crippen molar-refractivity contribution < 1.29 is 9.32 Å². The van der Waals surface area contributed by atoms with E-state index in [4.69, 9.17) is 16.1 Å². The molecule has 0 unspecified atom stereocenters. The van der Waals surface area contributed by atoms with E-state index in [9.17, 15) is 4.79 Å². The topological polar surface area (TPSA) is 59.2 Å². The van der Waals surface area contributed by atoms with Crippen LogP contribution in [0.1, 0.15) is 23.2 Å². The second kappa shape index (κ2) is 5.84. The fraction of sp³-hybridized carbons (Fsp3) is 0.308. The standard InChI is InChI=1S/C13H14ClN3O2/c1-3-17(2)13(18)10-6-4-5-9(7-10)12-15-11(8-14)19-16-12/h4-7H,3,8H2,1-2H3. The van der Waals surface area contributed by atoms with Crippen LogP contribution in [0.2, 0.25) is 0 Å². The summed E-state index contributed by atoms with van der Waals surface area (Å²) in [7, 11) is 1.76. The largest absolute Gasteiger partial charge is 0.342 e. The fourth-order valence-corrected chi connectivity index (χ4v) is 1.69. The summed E-state index contributed by atoms with van der Waals surface area (Å²) in [6, 6.07) is 7.13. The number of aromatic nitrogens is 2. The summed E-state index contributed by atoms with van der Waals surface area (Å²) in [6.07, 6.45) is 0. The van der Waals surface area contributed by atoms with E-state index in [1.54, 1.807) is 30.1 Å². The van der Waals surface area contributed by atoms with Crippen molar-refractivity contribution in [2.24, 2.45) is 0 Å². The molecule has 0 saturated heterocycles. The number of halogens is 1. The van der Waals surface area contributed by atoms with Crippen LogP contribution >= 0.6 is 11.6 Å². The number of hydrogen-bond acceptors (Lipinski definition) is 4. The summed E-state index contributed by atoms with van der Waals surface area (Å²) >= 11 is 5.61. The maximum absolute atomic E-state index is 12.1. The summed E-state index contributed by atoms with van der Waals surface area (Å²) in [5, 5.41) is 3.83. The molecule has 0 atom stereocenters. The summed E-state index contributed by atoms with van der Waals surface area (Å²) in [6.45, 7) is 2.58. The van der Waals surface area contributed by atoms with Gasteiger partial charge >= 0.3 is 0 Å². The van der Waals surface area contributed by atoms with Gasteiger partial charge in [0, 0.05) is 24.7 Å². The van der Waals surface area contributed by atoms with Crippen LogP contribution in [0.15, 0.2) is 28.8 Å². The lowest BCUT2D eigenvalue weighted by Gasteiger charge is -2.14. The Kier molecular flexibility index (Phi) is 4.16. The molecule has 5 nitrogen and oxygen atoms in total. The smallest absolute Gasteiger partial charge is 0.253 e. The number of carbonyl (C=O) groups is 1. The molecule has 6 heteroatoms. The summed E-state index contributed by atoms with van der Waals surface area (Å²) in [5.74, 6) is 0.929. The van der Waals surface area contributed by atoms with Gasteiger partial charge in [-0.25, -0.2) is 0 Å². The Morgan fingerprint density at radius 1 is 1.47 bits per heavy atom. The highest BCUT2D eigenvalue weighted by Crippen LogP contribution is 2.18. The molecule has 2 aromatic rings. The monoisotopic (exact) mass is 279 g/mol. The van der Waals surface area contributed by atoms with E-state index in [1.165, 1.54) is 0 Å². The van der Waals surface area contributed by atoms with Crippen molar-refractivity contribution in [3.8, 4) is 11.4 Å². The van der Waals surface area contributed by atoms with E-state index in [0.717, 1.165) is 5.56 Å². The van der Waals surface area contributed by atoms with Crippen LogP contribution in [0.5, 0.6) is 0 Å². The average molecular weight is 280 g/mol. The maximum atomic E-state index is 12.1. The van der Waals surface area contributed by atoms with E-state index >= 15 is 0 Å². The molecule has 19 heavy (non-hydrogen) atoms. The zero-order chi connectivity index (χ0) is 13.8. The zero-order valence-electron chi connectivity index (χ0n) is 10.8. The number of alkyl halides is 1. The highest BCUT2D eigenvalue weighted by molar-refractivity contribution is 6.16. The van der Waals surface area contributed by atoms with Crippen LogP contribution in [0, 0.1) is 0 Å². The average Bonchev–Trinajstić information content (AvgIpc) is 2.94. The minimum atomic E-state index is -0.0367. The van der Waals surface area contributed by atoms with Crippen LogP contribution in [-0.4, -0.2) is 34.5 Å². The van der Waals surface area contributed by atoms with E-state index in [0.29, 0.717) is 23.8 Å². The van der Waals surface area contributed by atoms with Crippen molar-refractivity contribution in [2.45, 2.75) is 12.8 Å². The second-order valence-corrected chi connectivity index (χ2v) is 4.31. The number of benzene rings is 1. The molecular formula is C13H14ClN3O2. The van der Waals surface area contributed by atoms with E-state index in [1.807, 2.05) is 13.0 Å². The first-order valence-corrected chi connectivity index (χ1v) is 6.43. The minimum absolute atomic E-state index is 0.0367. The first-order valence-electron chi connectivity index (χ1n) is 5.90. The van der Waals surface area contributed by atoms with Gasteiger partial charge in [0.05, 0.1) is 0 Å². The predicted molar refractivity (Wildman–Crippen MR) is 71.9 cm³/mol. The molecule has 0 aliphatic heterocycles. The Morgan fingerprint density at radius 3 is 2.89 bits per heavy atom. The van der Waals surface area contributed by atoms with Gasteiger partial charge in [-0.3, -0.25) is 4.79 Å². The Balaban J connectivity index is 2.31. The molecule has 1 heterocycles. The Labute approximate surface area is 116 Å². The highest BCUT2D eigenvalue weighted by Gasteiger charge is 2.13. The molecule has 2 rings (SSSR count). The van der Waals surface area contributed by atoms with Crippen LogP contribution in [0.3, 0.4) is 0 Å². The SMILES string of the molecule is CCN(C)C(=O)c1cccc(-c2noc(CCl)n2)c1. The maximum Gasteiger partial charge on any atom is 0.253 e. The molecule has 0 aliphatic carbocycles. The Hall–Kier alpha value is -1.88. The number of amides is 1. The van der Waals surface area contributed by atoms with Crippen molar-refractivity contribution in [3.05, 3.63) is 35.7 Å². The van der Waals surface area contributed by atoms with Crippen LogP contribution in [0.25, 0.3) is 11.4 Å². The van der Waals surface area contributed by atoms with Gasteiger partial charge in [0.25, 0.3) is 5.91 Å². The van der Waals surface area contributed by atoms with Gasteiger partial charge in [-0.05, 0) is 19.1 Å². The van der Waals surface area contributed by atoms with E-state index < -0.39 is 0 Å². The van der Waals surface area contributed by atoms with Crippen molar-refractivity contribution >= 4 is 17.5 Å². The van der Waals surface area contributed by atoms with E-state index in [-0.39, 0.29) is 11.8 Å². The van der Waals surface area contributed by atoms with Gasteiger partial charge in [0.2, 0.25) is 11.7 Å². The van der Waals surface area contributed by atoms with Crippen molar-refractivity contribution in [2.75, 3.05) is 13.6 Å². The molecule has 0 saturated carbocycles. The minimum Gasteiger partial charge on any atom is -0.342 e. The lowest BCUT2D eigenvalue weighted by Crippen LogP contribution is -2.26. The molecule has 1 amide bonds. The van der Waals surface area contributed by atoms with Crippen molar-refractivity contribution in [3.63, 3.8) is 0 Å². The van der Waals surface area contributed by atoms with Gasteiger partial charge in [-0.1, -0.05) is 17.3 Å². The first kappa shape index (κ1) is 13.5. The third kappa shape index (κ3) is 2.93. The van der Waals surface area contributed by atoms with Gasteiger partial charge in [-0.15, -0.1) is 11.6 Å². The number of rotatable bonds is 4. The second-order valence-electron chi connectivity index (χ2n) is 4.05. The molecule has 0 spiro atoms. The molecule has 0 N–H and O–H groups in total. The van der Waals surface area contributed by atoms with Crippen LogP contribution in [0.4, 0.5) is 0 Å². The molecule has 0 radical (unpaired) electrons. The number of carbonyl (C=O) groups excluding carboxylic acids is 1. The Bertz CT molecular complexity index is 583. The molecule has 0 aliphatic rings. The number of nitrogens with zero attached hydrogens (tertiary/aromatic N) is 3. The number of hydrogen-bond donors (Lipinski definition) is 0. The van der Waals surface area contributed by atoms with Crippen LogP contribution in [-0.2, 0) is 5.88 Å². The van der Waals surface area contributed by atoms with Gasteiger partial charge in [-0.2, -0.15) is 4.98 Å². The molecular weight excluding hydrogens is 266 g/mol. The fourth-order valence-electron chi connectivity index (χ4n) is 1.58. The van der Waals surface area contributed by atoms with Crippen molar-refractivity contribution in [1.82, 2.24) is 15.0 Å². The molecule has 0 fully saturated rings. The van der Waals surface area contributed by atoms with Gasteiger partial charge < -0.3 is 9.42 Å². The lowest BCUT2D eigenvalue weighted by molar-refractivity contribution is 0.0802. The molecule has 1 aromatic carbocycles. The highest BCUT2D eigenvalue weighted by atomic mass is 35.5. The molecule has 1 aromatic heterocycles. The van der Waals surface area contributed by atoms with Gasteiger partial charge in [0.1, 0.15) is 5.88 Å². The quantitative estimate of drug-likeness (QED) is 0.807. The molecule has 100 valence electrons. The summed E-state index contributed by atoms with van der Waals surface area (Å²) in [4.78, 5) is 17.8. The van der Waals surface area contributed by atoms with Crippen LogP contribution < -0.4 is 0 Å². The summed E-state index contributed by atoms with van der Waals surface area (Å²) in [5.41, 5.74) is 1.33. The van der Waals surface area contributed by atoms with Gasteiger partial charge in [0.15, 0.2) is 0 Å². The predicted octanol–water partition coefficient (Wildman–Crippen LogP) is 2.57. The first-order chi connectivity index (χ1) is 9.15. The third-order valence-corrected chi connectivity index (χ3v) is 3.00. The van der Waals surface area contributed by atoms with E-state index in [2.05, 4.69) is 10.1 Å². The summed E-state index contributed by atoms with van der Waals surface area (Å²) < 4.78 is 4.95. The van der Waals surface area contributed by atoms with Crippen molar-refractivity contribution in [1.29, 1.82) is 0 Å². The zero-order valence-corrected chi connectivity index (χ0v) is 11.5. The lowest BCUT2D eigenvalue weighted by atomic mass is 10.1. The third-order valence-electron chi connectivity index (χ3n) is 2.77. The Morgan fingerprint density at radius 2 is 2.26 bits per heavy atom.